The van der Waals surface area contributed by atoms with Gasteiger partial charge in [-0.05, 0) is 72.1 Å². The van der Waals surface area contributed by atoms with Crippen molar-refractivity contribution in [2.24, 2.45) is 10.1 Å². The molecule has 0 N–H and O–H groups in total. The number of aromatic nitrogens is 1. The summed E-state index contributed by atoms with van der Waals surface area (Å²) in [6.45, 7) is 4.33. The second kappa shape index (κ2) is 11.3. The lowest BCUT2D eigenvalue weighted by atomic mass is 10.0. The molecule has 196 valence electrons. The van der Waals surface area contributed by atoms with Crippen LogP contribution < -0.4 is 9.54 Å². The molecule has 5 rings (SSSR count). The van der Waals surface area contributed by atoms with Crippen LogP contribution in [0.3, 0.4) is 0 Å². The van der Waals surface area contributed by atoms with Crippen LogP contribution in [0.5, 0.6) is 5.75 Å². The Balaban J connectivity index is 1.51. The Morgan fingerprint density at radius 1 is 0.949 bits per heavy atom. The molecule has 2 heterocycles. The number of rotatable bonds is 8. The van der Waals surface area contributed by atoms with Crippen molar-refractivity contribution in [3.63, 3.8) is 0 Å². The summed E-state index contributed by atoms with van der Waals surface area (Å²) in [6, 6.07) is 25.8. The number of ether oxygens (including phenoxy) is 1. The summed E-state index contributed by atoms with van der Waals surface area (Å²) in [5, 5.41) is 17.7. The zero-order valence-corrected chi connectivity index (χ0v) is 22.5. The van der Waals surface area contributed by atoms with Crippen LogP contribution in [0, 0.1) is 10.1 Å². The molecule has 0 aliphatic heterocycles. The van der Waals surface area contributed by atoms with Gasteiger partial charge in [-0.1, -0.05) is 26.0 Å². The molecule has 0 aliphatic rings. The third kappa shape index (κ3) is 5.89. The van der Waals surface area contributed by atoms with Gasteiger partial charge in [0.1, 0.15) is 17.3 Å². The van der Waals surface area contributed by atoms with E-state index in [2.05, 4.69) is 26.0 Å². The minimum atomic E-state index is -0.427. The fourth-order valence-electron chi connectivity index (χ4n) is 3.93. The Kier molecular flexibility index (Phi) is 7.51. The number of nitro groups is 1. The van der Waals surface area contributed by atoms with Crippen molar-refractivity contribution in [2.45, 2.75) is 19.8 Å². The highest BCUT2D eigenvalue weighted by atomic mass is 32.1. The van der Waals surface area contributed by atoms with Crippen molar-refractivity contribution < 1.29 is 14.1 Å². The van der Waals surface area contributed by atoms with E-state index >= 15 is 0 Å². The zero-order chi connectivity index (χ0) is 27.4. The maximum Gasteiger partial charge on any atom is 0.269 e. The van der Waals surface area contributed by atoms with Crippen LogP contribution in [0.1, 0.15) is 31.1 Å². The van der Waals surface area contributed by atoms with E-state index in [1.165, 1.54) is 29.0 Å². The smallest absolute Gasteiger partial charge is 0.269 e. The number of hydrogen-bond acceptors (Lipinski definition) is 7. The van der Waals surface area contributed by atoms with Gasteiger partial charge in [0.2, 0.25) is 4.80 Å². The maximum atomic E-state index is 10.9. The predicted molar refractivity (Wildman–Crippen MR) is 154 cm³/mol. The van der Waals surface area contributed by atoms with Gasteiger partial charge in [-0.3, -0.25) is 10.1 Å². The Morgan fingerprint density at radius 2 is 1.64 bits per heavy atom. The largest absolute Gasteiger partial charge is 0.497 e. The molecule has 0 saturated carbocycles. The topological polar surface area (TPSA) is 95.2 Å². The molecule has 0 spiro atoms. The average molecular weight is 539 g/mol. The molecular weight excluding hydrogens is 512 g/mol. The van der Waals surface area contributed by atoms with E-state index in [-0.39, 0.29) is 5.69 Å². The van der Waals surface area contributed by atoms with E-state index in [0.717, 1.165) is 28.3 Å². The first-order valence-corrected chi connectivity index (χ1v) is 13.2. The number of methoxy groups -OCH3 is 1. The molecule has 0 unspecified atom stereocenters. The van der Waals surface area contributed by atoms with E-state index in [1.807, 2.05) is 53.9 Å². The minimum absolute atomic E-state index is 0.0298. The van der Waals surface area contributed by atoms with E-state index in [9.17, 15) is 10.1 Å². The van der Waals surface area contributed by atoms with Gasteiger partial charge in [-0.25, -0.2) is 9.67 Å². The molecule has 0 radical (unpaired) electrons. The molecule has 9 heteroatoms. The van der Waals surface area contributed by atoms with Gasteiger partial charge in [0.15, 0.2) is 0 Å². The molecule has 5 aromatic rings. The normalized spacial score (nSPS) is 11.9. The molecule has 0 fully saturated rings. The number of hydrogen-bond donors (Lipinski definition) is 0. The second-order valence-corrected chi connectivity index (χ2v) is 9.89. The molecule has 0 atom stereocenters. The SMILES string of the molecule is COc1ccc(-c2csc(=Nc3ccc(C(C)C)cc3)n2/N=C/c2ccc(-c3ccc([N+](=O)[O-])cc3)o2)cc1. The highest BCUT2D eigenvalue weighted by molar-refractivity contribution is 7.07. The summed E-state index contributed by atoms with van der Waals surface area (Å²) in [4.78, 5) is 16.1. The second-order valence-electron chi connectivity index (χ2n) is 9.05. The lowest BCUT2D eigenvalue weighted by Crippen LogP contribution is -2.11. The standard InChI is InChI=1S/C30H26N4O4S/c1-20(2)21-4-10-24(11-5-21)32-30-33(28(19-39-30)22-8-14-26(37-3)15-9-22)31-18-27-16-17-29(38-27)23-6-12-25(13-7-23)34(35)36/h4-20H,1-3H3/b31-18+,32-30?. The monoisotopic (exact) mass is 538 g/mol. The highest BCUT2D eigenvalue weighted by Crippen LogP contribution is 2.26. The van der Waals surface area contributed by atoms with Gasteiger partial charge in [-0.15, -0.1) is 11.3 Å². The number of thiazole rings is 1. The summed E-state index contributed by atoms with van der Waals surface area (Å²) >= 11 is 1.49. The number of nitrogens with zero attached hydrogens (tertiary/aromatic N) is 4. The summed E-state index contributed by atoms with van der Waals surface area (Å²) in [5.74, 6) is 2.34. The molecule has 8 nitrogen and oxygen atoms in total. The van der Waals surface area contributed by atoms with Crippen molar-refractivity contribution in [2.75, 3.05) is 7.11 Å². The predicted octanol–water partition coefficient (Wildman–Crippen LogP) is 7.63. The number of furan rings is 1. The first kappa shape index (κ1) is 25.9. The zero-order valence-electron chi connectivity index (χ0n) is 21.6. The minimum Gasteiger partial charge on any atom is -0.497 e. The van der Waals surface area contributed by atoms with Crippen LogP contribution in [-0.4, -0.2) is 22.9 Å². The summed E-state index contributed by atoms with van der Waals surface area (Å²) in [7, 11) is 1.64. The van der Waals surface area contributed by atoms with Crippen LogP contribution in [0.25, 0.3) is 22.6 Å². The molecule has 3 aromatic carbocycles. The van der Waals surface area contributed by atoms with E-state index < -0.39 is 4.92 Å². The Labute approximate surface area is 229 Å². The van der Waals surface area contributed by atoms with Crippen LogP contribution in [0.4, 0.5) is 11.4 Å². The fraction of sp³-hybridized carbons (Fsp3) is 0.133. The fourth-order valence-corrected chi connectivity index (χ4v) is 4.79. The van der Waals surface area contributed by atoms with Crippen molar-refractivity contribution >= 4 is 28.9 Å². The van der Waals surface area contributed by atoms with E-state index in [4.69, 9.17) is 19.2 Å². The Morgan fingerprint density at radius 3 is 2.28 bits per heavy atom. The van der Waals surface area contributed by atoms with Crippen molar-refractivity contribution in [1.29, 1.82) is 0 Å². The van der Waals surface area contributed by atoms with Gasteiger partial charge in [0.05, 0.1) is 29.6 Å². The molecule has 0 saturated heterocycles. The average Bonchev–Trinajstić information content (AvgIpc) is 3.59. The third-order valence-corrected chi connectivity index (χ3v) is 6.96. The summed E-state index contributed by atoms with van der Waals surface area (Å²) in [6.07, 6.45) is 1.63. The molecule has 39 heavy (non-hydrogen) atoms. The number of non-ortho nitro benzene ring substituents is 1. The number of benzene rings is 3. The first-order valence-electron chi connectivity index (χ1n) is 12.3. The maximum absolute atomic E-state index is 10.9. The molecule has 0 bridgehead atoms. The van der Waals surface area contributed by atoms with Gasteiger partial charge >= 0.3 is 0 Å². The molecule has 2 aromatic heterocycles. The summed E-state index contributed by atoms with van der Waals surface area (Å²) in [5.41, 5.74) is 4.70. The van der Waals surface area contributed by atoms with Crippen molar-refractivity contribution in [3.8, 4) is 28.3 Å². The van der Waals surface area contributed by atoms with Crippen LogP contribution in [0.2, 0.25) is 0 Å². The van der Waals surface area contributed by atoms with Gasteiger partial charge < -0.3 is 9.15 Å². The highest BCUT2D eigenvalue weighted by Gasteiger charge is 2.11. The Bertz CT molecular complexity index is 1680. The summed E-state index contributed by atoms with van der Waals surface area (Å²) < 4.78 is 13.1. The van der Waals surface area contributed by atoms with Gasteiger partial charge in [-0.2, -0.15) is 5.10 Å². The van der Waals surface area contributed by atoms with E-state index in [1.54, 1.807) is 30.1 Å². The van der Waals surface area contributed by atoms with Crippen LogP contribution >= 0.6 is 11.3 Å². The lowest BCUT2D eigenvalue weighted by Gasteiger charge is -2.06. The number of nitro benzene ring substituents is 1. The molecule has 0 aliphatic carbocycles. The van der Waals surface area contributed by atoms with Gasteiger partial charge in [0, 0.05) is 28.6 Å². The van der Waals surface area contributed by atoms with Crippen molar-refractivity contribution in [3.05, 3.63) is 117 Å². The van der Waals surface area contributed by atoms with Crippen LogP contribution in [0.15, 0.2) is 105 Å². The first-order chi connectivity index (χ1) is 18.9. The van der Waals surface area contributed by atoms with Crippen LogP contribution in [-0.2, 0) is 0 Å². The third-order valence-electron chi connectivity index (χ3n) is 6.15. The Hall–Kier alpha value is -4.76. The lowest BCUT2D eigenvalue weighted by molar-refractivity contribution is -0.384. The molecule has 0 amide bonds. The molecular formula is C30H26N4O4S. The quantitative estimate of drug-likeness (QED) is 0.115. The van der Waals surface area contributed by atoms with E-state index in [0.29, 0.717) is 22.2 Å². The van der Waals surface area contributed by atoms with Crippen molar-refractivity contribution in [1.82, 2.24) is 4.68 Å². The van der Waals surface area contributed by atoms with Gasteiger partial charge in [0.25, 0.3) is 5.69 Å².